The van der Waals surface area contributed by atoms with Crippen molar-refractivity contribution in [3.05, 3.63) is 52.3 Å². The first kappa shape index (κ1) is 15.0. The lowest BCUT2D eigenvalue weighted by molar-refractivity contribution is 0.0954. The first-order chi connectivity index (χ1) is 9.97. The highest BCUT2D eigenvalue weighted by atomic mass is 79.9. The maximum Gasteiger partial charge on any atom is 0.272 e. The van der Waals surface area contributed by atoms with Gasteiger partial charge in [-0.1, -0.05) is 0 Å². The maximum atomic E-state index is 11.9. The Labute approximate surface area is 129 Å². The SMILES string of the molecule is C/C(=N\NC(=O)c1cncc(Br)c1)c1cc(O)ccc1O. The summed E-state index contributed by atoms with van der Waals surface area (Å²) in [7, 11) is 0. The molecule has 3 N–H and O–H groups in total. The van der Waals surface area contributed by atoms with Crippen LogP contribution in [-0.2, 0) is 0 Å². The number of hydrogen-bond donors (Lipinski definition) is 3. The number of carbonyl (C=O) groups is 1. The Hall–Kier alpha value is -2.41. The predicted molar refractivity (Wildman–Crippen MR) is 81.4 cm³/mol. The number of amides is 1. The van der Waals surface area contributed by atoms with Crippen molar-refractivity contribution in [3.8, 4) is 11.5 Å². The number of nitrogens with one attached hydrogen (secondary N) is 1. The number of aromatic hydroxyl groups is 2. The Bertz CT molecular complexity index is 716. The van der Waals surface area contributed by atoms with Gasteiger partial charge in [0.25, 0.3) is 5.91 Å². The van der Waals surface area contributed by atoms with E-state index in [2.05, 4.69) is 31.4 Å². The van der Waals surface area contributed by atoms with E-state index in [1.807, 2.05) is 0 Å². The summed E-state index contributed by atoms with van der Waals surface area (Å²) >= 11 is 3.23. The molecule has 0 aliphatic carbocycles. The Kier molecular flexibility index (Phi) is 4.54. The first-order valence-electron chi connectivity index (χ1n) is 5.95. The largest absolute Gasteiger partial charge is 0.508 e. The van der Waals surface area contributed by atoms with Gasteiger partial charge in [0.1, 0.15) is 11.5 Å². The fourth-order valence-electron chi connectivity index (χ4n) is 1.61. The molecule has 6 nitrogen and oxygen atoms in total. The van der Waals surface area contributed by atoms with E-state index in [0.29, 0.717) is 21.3 Å². The molecular formula is C14H12BrN3O3. The van der Waals surface area contributed by atoms with E-state index in [0.717, 1.165) is 0 Å². The third kappa shape index (κ3) is 3.79. The summed E-state index contributed by atoms with van der Waals surface area (Å²) < 4.78 is 0.682. The zero-order valence-electron chi connectivity index (χ0n) is 11.0. The minimum atomic E-state index is -0.428. The summed E-state index contributed by atoms with van der Waals surface area (Å²) in [4.78, 5) is 15.8. The molecule has 0 atom stereocenters. The predicted octanol–water partition coefficient (Wildman–Crippen LogP) is 2.41. The number of nitrogens with zero attached hydrogens (tertiary/aromatic N) is 2. The molecule has 0 aliphatic rings. The van der Waals surface area contributed by atoms with Crippen molar-refractivity contribution in [1.29, 1.82) is 0 Å². The van der Waals surface area contributed by atoms with Crippen LogP contribution in [0.1, 0.15) is 22.8 Å². The van der Waals surface area contributed by atoms with Crippen LogP contribution in [0.3, 0.4) is 0 Å². The van der Waals surface area contributed by atoms with Gasteiger partial charge in [-0.25, -0.2) is 5.43 Å². The highest BCUT2D eigenvalue weighted by Crippen LogP contribution is 2.22. The van der Waals surface area contributed by atoms with Gasteiger partial charge < -0.3 is 10.2 Å². The minimum absolute atomic E-state index is 0.000124. The molecule has 1 aromatic carbocycles. The van der Waals surface area contributed by atoms with Crippen molar-refractivity contribution in [1.82, 2.24) is 10.4 Å². The van der Waals surface area contributed by atoms with E-state index in [1.54, 1.807) is 19.2 Å². The van der Waals surface area contributed by atoms with E-state index >= 15 is 0 Å². The summed E-state index contributed by atoms with van der Waals surface area (Å²) in [5.74, 6) is -0.463. The molecule has 0 fully saturated rings. The molecule has 2 rings (SSSR count). The van der Waals surface area contributed by atoms with Crippen molar-refractivity contribution < 1.29 is 15.0 Å². The molecule has 21 heavy (non-hydrogen) atoms. The Morgan fingerprint density at radius 1 is 1.29 bits per heavy atom. The normalized spacial score (nSPS) is 11.2. The van der Waals surface area contributed by atoms with Crippen molar-refractivity contribution in [2.24, 2.45) is 5.10 Å². The van der Waals surface area contributed by atoms with Crippen LogP contribution in [0.4, 0.5) is 0 Å². The molecule has 0 spiro atoms. The maximum absolute atomic E-state index is 11.9. The Morgan fingerprint density at radius 2 is 2.05 bits per heavy atom. The van der Waals surface area contributed by atoms with Crippen LogP contribution in [0.2, 0.25) is 0 Å². The van der Waals surface area contributed by atoms with Crippen LogP contribution in [-0.4, -0.2) is 26.8 Å². The van der Waals surface area contributed by atoms with Crippen LogP contribution in [0.25, 0.3) is 0 Å². The van der Waals surface area contributed by atoms with Crippen LogP contribution in [0.5, 0.6) is 11.5 Å². The van der Waals surface area contributed by atoms with Crippen molar-refractivity contribution in [2.75, 3.05) is 0 Å². The highest BCUT2D eigenvalue weighted by Gasteiger charge is 2.08. The molecule has 0 unspecified atom stereocenters. The smallest absolute Gasteiger partial charge is 0.272 e. The summed E-state index contributed by atoms with van der Waals surface area (Å²) in [6.45, 7) is 1.61. The van der Waals surface area contributed by atoms with E-state index in [9.17, 15) is 15.0 Å². The standard InChI is InChI=1S/C14H12BrN3O3/c1-8(12-5-11(19)2-3-13(12)20)17-18-14(21)9-4-10(15)7-16-6-9/h2-7,19-20H,1H3,(H,18,21)/b17-8+. The second-order valence-electron chi connectivity index (χ2n) is 4.23. The summed E-state index contributed by atoms with van der Waals surface area (Å²) in [5, 5.41) is 23.0. The molecule has 0 aliphatic heterocycles. The molecule has 0 radical (unpaired) electrons. The number of rotatable bonds is 3. The first-order valence-corrected chi connectivity index (χ1v) is 6.74. The van der Waals surface area contributed by atoms with Gasteiger partial charge in [0.2, 0.25) is 0 Å². The summed E-state index contributed by atoms with van der Waals surface area (Å²) in [5.41, 5.74) is 3.41. The van der Waals surface area contributed by atoms with Gasteiger partial charge in [0.05, 0.1) is 11.3 Å². The zero-order valence-corrected chi connectivity index (χ0v) is 12.6. The molecule has 1 heterocycles. The molecule has 2 aromatic rings. The van der Waals surface area contributed by atoms with Crippen molar-refractivity contribution >= 4 is 27.5 Å². The van der Waals surface area contributed by atoms with E-state index in [-0.39, 0.29) is 11.5 Å². The second kappa shape index (κ2) is 6.36. The lowest BCUT2D eigenvalue weighted by Crippen LogP contribution is -2.19. The van der Waals surface area contributed by atoms with Gasteiger partial charge in [-0.05, 0) is 47.1 Å². The van der Waals surface area contributed by atoms with Gasteiger partial charge in [-0.2, -0.15) is 5.10 Å². The fourth-order valence-corrected chi connectivity index (χ4v) is 1.97. The van der Waals surface area contributed by atoms with Crippen molar-refractivity contribution in [2.45, 2.75) is 6.92 Å². The van der Waals surface area contributed by atoms with E-state index in [4.69, 9.17) is 0 Å². The molecule has 7 heteroatoms. The summed E-state index contributed by atoms with van der Waals surface area (Å²) in [6, 6.07) is 5.68. The van der Waals surface area contributed by atoms with Crippen LogP contribution < -0.4 is 5.43 Å². The van der Waals surface area contributed by atoms with Crippen LogP contribution in [0.15, 0.2) is 46.2 Å². The molecule has 0 saturated heterocycles. The number of benzene rings is 1. The molecule has 0 bridgehead atoms. The monoisotopic (exact) mass is 349 g/mol. The molecular weight excluding hydrogens is 338 g/mol. The van der Waals surface area contributed by atoms with Gasteiger partial charge in [-0.15, -0.1) is 0 Å². The topological polar surface area (TPSA) is 94.8 Å². The van der Waals surface area contributed by atoms with Gasteiger partial charge >= 0.3 is 0 Å². The Balaban J connectivity index is 2.17. The number of pyridine rings is 1. The summed E-state index contributed by atoms with van der Waals surface area (Å²) in [6.07, 6.45) is 2.98. The number of phenols is 2. The third-order valence-electron chi connectivity index (χ3n) is 2.66. The third-order valence-corrected chi connectivity index (χ3v) is 3.10. The van der Waals surface area contributed by atoms with Crippen LogP contribution in [0, 0.1) is 0 Å². The molecule has 0 saturated carbocycles. The van der Waals surface area contributed by atoms with E-state index in [1.165, 1.54) is 24.4 Å². The quantitative estimate of drug-likeness (QED) is 0.450. The second-order valence-corrected chi connectivity index (χ2v) is 5.15. The Morgan fingerprint density at radius 3 is 2.76 bits per heavy atom. The molecule has 1 aromatic heterocycles. The average Bonchev–Trinajstić information content (AvgIpc) is 2.47. The number of hydrazone groups is 1. The number of phenolic OH excluding ortho intramolecular Hbond substituents is 2. The highest BCUT2D eigenvalue weighted by molar-refractivity contribution is 9.10. The van der Waals surface area contributed by atoms with Gasteiger partial charge in [0, 0.05) is 22.4 Å². The van der Waals surface area contributed by atoms with Gasteiger partial charge in [0.15, 0.2) is 0 Å². The van der Waals surface area contributed by atoms with Gasteiger partial charge in [-0.3, -0.25) is 9.78 Å². The fraction of sp³-hybridized carbons (Fsp3) is 0.0714. The van der Waals surface area contributed by atoms with E-state index < -0.39 is 5.91 Å². The van der Waals surface area contributed by atoms with Crippen molar-refractivity contribution in [3.63, 3.8) is 0 Å². The number of aromatic nitrogens is 1. The molecule has 108 valence electrons. The minimum Gasteiger partial charge on any atom is -0.508 e. The average molecular weight is 350 g/mol. The van der Waals surface area contributed by atoms with Crippen LogP contribution >= 0.6 is 15.9 Å². The number of carbonyl (C=O) groups excluding carboxylic acids is 1. The zero-order chi connectivity index (χ0) is 15.4. The number of hydrogen-bond acceptors (Lipinski definition) is 5. The number of halogens is 1. The molecule has 1 amide bonds. The lowest BCUT2D eigenvalue weighted by Gasteiger charge is -2.05. The lowest BCUT2D eigenvalue weighted by atomic mass is 10.1.